The Kier molecular flexibility index (Phi) is 6.23. The maximum atomic E-state index is 10.7. The number of hydrogen-bond acceptors (Lipinski definition) is 7. The molecule has 8 nitrogen and oxygen atoms in total. The zero-order valence-electron chi connectivity index (χ0n) is 16.4. The number of carboxylic acid groups (broad SMARTS) is 1. The smallest absolute Gasteiger partial charge is 0.307 e. The van der Waals surface area contributed by atoms with E-state index in [0.717, 1.165) is 48.9 Å². The third-order valence-electron chi connectivity index (χ3n) is 5.37. The first kappa shape index (κ1) is 20.3. The van der Waals surface area contributed by atoms with Crippen molar-refractivity contribution < 1.29 is 9.90 Å². The summed E-state index contributed by atoms with van der Waals surface area (Å²) in [6.45, 7) is 0.806. The van der Waals surface area contributed by atoms with Crippen molar-refractivity contribution in [2.24, 2.45) is 5.92 Å². The van der Waals surface area contributed by atoms with Gasteiger partial charge >= 0.3 is 5.97 Å². The molecule has 3 aromatic heterocycles. The number of carbonyl (C=O) groups is 1. The van der Waals surface area contributed by atoms with Crippen LogP contribution in [0.1, 0.15) is 31.2 Å². The van der Waals surface area contributed by atoms with Gasteiger partial charge in [0.25, 0.3) is 0 Å². The molecule has 3 heterocycles. The van der Waals surface area contributed by atoms with E-state index in [4.69, 9.17) is 16.7 Å². The number of halogens is 1. The number of fused-ring (bicyclic) bond motifs is 1. The first-order valence-electron chi connectivity index (χ1n) is 10.0. The van der Waals surface area contributed by atoms with E-state index in [1.54, 1.807) is 18.6 Å². The van der Waals surface area contributed by atoms with Gasteiger partial charge in [-0.05, 0) is 49.8 Å². The van der Waals surface area contributed by atoms with Gasteiger partial charge in [-0.15, -0.1) is 0 Å². The van der Waals surface area contributed by atoms with E-state index >= 15 is 0 Å². The average Bonchev–Trinajstić information content (AvgIpc) is 2.74. The zero-order valence-corrected chi connectivity index (χ0v) is 17.1. The first-order valence-corrected chi connectivity index (χ1v) is 10.4. The summed E-state index contributed by atoms with van der Waals surface area (Å²) in [6.07, 6.45) is 9.05. The van der Waals surface area contributed by atoms with Crippen LogP contribution in [0.25, 0.3) is 10.9 Å². The van der Waals surface area contributed by atoms with Crippen LogP contribution in [0, 0.1) is 5.92 Å². The summed E-state index contributed by atoms with van der Waals surface area (Å²) < 4.78 is 0. The third kappa shape index (κ3) is 5.13. The van der Waals surface area contributed by atoms with Crippen LogP contribution >= 0.6 is 11.6 Å². The summed E-state index contributed by atoms with van der Waals surface area (Å²) in [4.78, 5) is 27.8. The molecule has 0 bridgehead atoms. The summed E-state index contributed by atoms with van der Waals surface area (Å²) in [5.41, 5.74) is 1.32. The predicted molar refractivity (Wildman–Crippen MR) is 116 cm³/mol. The van der Waals surface area contributed by atoms with E-state index in [1.807, 2.05) is 18.2 Å². The Hall–Kier alpha value is -3.00. The molecule has 0 saturated heterocycles. The van der Waals surface area contributed by atoms with Crippen LogP contribution in [0.4, 0.5) is 11.8 Å². The van der Waals surface area contributed by atoms with Crippen molar-refractivity contribution in [1.29, 1.82) is 0 Å². The lowest BCUT2D eigenvalue weighted by atomic mass is 9.86. The number of nitrogens with one attached hydrogen (secondary N) is 2. The number of aliphatic carboxylic acids is 1. The third-order valence-corrected chi connectivity index (χ3v) is 5.65. The largest absolute Gasteiger partial charge is 0.481 e. The monoisotopic (exact) mass is 426 g/mol. The number of hydrogen-bond donors (Lipinski definition) is 3. The van der Waals surface area contributed by atoms with Gasteiger partial charge in [0.2, 0.25) is 5.95 Å². The van der Waals surface area contributed by atoms with Crippen LogP contribution in [0.3, 0.4) is 0 Å². The molecule has 4 rings (SSSR count). The second kappa shape index (κ2) is 9.21. The molecule has 0 spiro atoms. The van der Waals surface area contributed by atoms with Gasteiger partial charge in [-0.1, -0.05) is 11.6 Å². The number of carboxylic acids is 1. The van der Waals surface area contributed by atoms with Crippen LogP contribution in [0.5, 0.6) is 0 Å². The van der Waals surface area contributed by atoms with Gasteiger partial charge in [-0.2, -0.15) is 0 Å². The Balaban J connectivity index is 1.25. The van der Waals surface area contributed by atoms with Crippen molar-refractivity contribution >= 4 is 40.2 Å². The highest BCUT2D eigenvalue weighted by atomic mass is 35.5. The van der Waals surface area contributed by atoms with Crippen molar-refractivity contribution in [3.05, 3.63) is 47.5 Å². The summed E-state index contributed by atoms with van der Waals surface area (Å²) in [5, 5.41) is 17.0. The summed E-state index contributed by atoms with van der Waals surface area (Å²) in [7, 11) is 0. The van der Waals surface area contributed by atoms with Gasteiger partial charge in [0, 0.05) is 42.1 Å². The standard InChI is InChI=1S/C21H23ClN6O2/c22-20-19-15(7-8-23-20)3-6-17(28-19)27-16-4-1-13(2-5-16)10-24-21-25-11-14(12-26-21)9-18(29)30/h3,6-8,11-13,16H,1-2,4-5,9-10H2,(H,27,28)(H,29,30)(H,24,25,26). The van der Waals surface area contributed by atoms with Crippen molar-refractivity contribution in [1.82, 2.24) is 19.9 Å². The minimum Gasteiger partial charge on any atom is -0.481 e. The number of pyridine rings is 2. The number of anilines is 2. The van der Waals surface area contributed by atoms with Crippen molar-refractivity contribution in [3.8, 4) is 0 Å². The van der Waals surface area contributed by atoms with E-state index in [9.17, 15) is 4.79 Å². The highest BCUT2D eigenvalue weighted by Gasteiger charge is 2.21. The average molecular weight is 427 g/mol. The lowest BCUT2D eigenvalue weighted by Crippen LogP contribution is -2.29. The molecule has 0 aliphatic heterocycles. The molecule has 0 unspecified atom stereocenters. The molecule has 0 amide bonds. The zero-order chi connectivity index (χ0) is 20.9. The molecule has 30 heavy (non-hydrogen) atoms. The van der Waals surface area contributed by atoms with Crippen LogP contribution in [-0.2, 0) is 11.2 Å². The fraction of sp³-hybridized carbons (Fsp3) is 0.381. The molecule has 156 valence electrons. The first-order chi connectivity index (χ1) is 14.6. The fourth-order valence-corrected chi connectivity index (χ4v) is 3.97. The normalized spacial score (nSPS) is 18.8. The molecule has 3 aromatic rings. The summed E-state index contributed by atoms with van der Waals surface area (Å²) >= 11 is 6.16. The molecule has 9 heteroatoms. The second-order valence-electron chi connectivity index (χ2n) is 7.60. The summed E-state index contributed by atoms with van der Waals surface area (Å²) in [5.74, 6) is 1.03. The fourth-order valence-electron chi connectivity index (χ4n) is 3.76. The van der Waals surface area contributed by atoms with Gasteiger partial charge in [0.1, 0.15) is 11.3 Å². The molecule has 0 atom stereocenters. The van der Waals surface area contributed by atoms with Gasteiger partial charge in [-0.3, -0.25) is 4.79 Å². The van der Waals surface area contributed by atoms with E-state index in [0.29, 0.717) is 28.6 Å². The Bertz CT molecular complexity index is 1020. The molecular formula is C21H23ClN6O2. The topological polar surface area (TPSA) is 113 Å². The Morgan fingerprint density at radius 3 is 2.60 bits per heavy atom. The lowest BCUT2D eigenvalue weighted by molar-refractivity contribution is -0.136. The quantitative estimate of drug-likeness (QED) is 0.489. The van der Waals surface area contributed by atoms with Crippen molar-refractivity contribution in [2.45, 2.75) is 38.1 Å². The Morgan fingerprint density at radius 1 is 1.10 bits per heavy atom. The molecule has 1 fully saturated rings. The van der Waals surface area contributed by atoms with Crippen LogP contribution in [-0.4, -0.2) is 43.6 Å². The summed E-state index contributed by atoms with van der Waals surface area (Å²) in [6, 6.07) is 6.28. The molecule has 1 aliphatic carbocycles. The van der Waals surface area contributed by atoms with Gasteiger partial charge in [0.05, 0.1) is 6.42 Å². The molecule has 1 aliphatic rings. The van der Waals surface area contributed by atoms with Crippen LogP contribution in [0.15, 0.2) is 36.8 Å². The molecule has 0 aromatic carbocycles. The van der Waals surface area contributed by atoms with E-state index in [2.05, 4.69) is 30.6 Å². The van der Waals surface area contributed by atoms with Crippen molar-refractivity contribution in [3.63, 3.8) is 0 Å². The van der Waals surface area contributed by atoms with Crippen LogP contribution in [0.2, 0.25) is 5.15 Å². The highest BCUT2D eigenvalue weighted by Crippen LogP contribution is 2.27. The maximum absolute atomic E-state index is 10.7. The van der Waals surface area contributed by atoms with E-state index in [1.165, 1.54) is 0 Å². The second-order valence-corrected chi connectivity index (χ2v) is 7.96. The molecule has 3 N–H and O–H groups in total. The van der Waals surface area contributed by atoms with Gasteiger partial charge in [-0.25, -0.2) is 19.9 Å². The number of rotatable bonds is 7. The Labute approximate surface area is 179 Å². The lowest BCUT2D eigenvalue weighted by Gasteiger charge is -2.29. The minimum absolute atomic E-state index is 0.0634. The Morgan fingerprint density at radius 2 is 1.87 bits per heavy atom. The van der Waals surface area contributed by atoms with E-state index in [-0.39, 0.29) is 6.42 Å². The number of nitrogens with zero attached hydrogens (tertiary/aromatic N) is 4. The number of aromatic nitrogens is 4. The SMILES string of the molecule is O=C(O)Cc1cnc(NCC2CCC(Nc3ccc4ccnc(Cl)c4n3)CC2)nc1. The minimum atomic E-state index is -0.886. The predicted octanol–water partition coefficient (Wildman–Crippen LogP) is 3.78. The maximum Gasteiger partial charge on any atom is 0.307 e. The van der Waals surface area contributed by atoms with Gasteiger partial charge in [0.15, 0.2) is 5.15 Å². The van der Waals surface area contributed by atoms with Crippen molar-refractivity contribution in [2.75, 3.05) is 17.2 Å². The van der Waals surface area contributed by atoms with Crippen LogP contribution < -0.4 is 10.6 Å². The molecule has 0 radical (unpaired) electrons. The highest BCUT2D eigenvalue weighted by molar-refractivity contribution is 6.33. The van der Waals surface area contributed by atoms with E-state index < -0.39 is 5.97 Å². The molecule has 1 saturated carbocycles. The van der Waals surface area contributed by atoms with Gasteiger partial charge < -0.3 is 15.7 Å². The molecular weight excluding hydrogens is 404 g/mol.